The number of ether oxygens (including phenoxy) is 2. The maximum atomic E-state index is 13.3. The number of hydrogen-bond donors (Lipinski definition) is 0. The molecule has 0 radical (unpaired) electrons. The summed E-state index contributed by atoms with van der Waals surface area (Å²) in [5, 5.41) is 2.02. The number of thiophene rings is 1. The van der Waals surface area contributed by atoms with Gasteiger partial charge < -0.3 is 19.3 Å². The third-order valence-corrected chi connectivity index (χ3v) is 6.65. The van der Waals surface area contributed by atoms with Gasteiger partial charge in [-0.3, -0.25) is 9.59 Å². The van der Waals surface area contributed by atoms with Gasteiger partial charge in [0.05, 0.1) is 6.04 Å². The molecule has 3 rings (SSSR count). The fourth-order valence-corrected chi connectivity index (χ4v) is 4.66. The van der Waals surface area contributed by atoms with Gasteiger partial charge in [-0.05, 0) is 61.0 Å². The number of methoxy groups -OCH3 is 1. The summed E-state index contributed by atoms with van der Waals surface area (Å²) in [7, 11) is 1.47. The van der Waals surface area contributed by atoms with Gasteiger partial charge in [0.2, 0.25) is 11.8 Å². The number of hydrogen-bond acceptors (Lipinski definition) is 5. The number of carbonyl (C=O) groups excluding carboxylic acids is 2. The molecule has 1 aromatic carbocycles. The topological polar surface area (TPSA) is 59.1 Å². The molecule has 1 aliphatic heterocycles. The molecule has 2 heterocycles. The van der Waals surface area contributed by atoms with E-state index in [1.165, 1.54) is 24.1 Å². The Morgan fingerprint density at radius 3 is 2.71 bits per heavy atom. The third kappa shape index (κ3) is 5.62. The first-order chi connectivity index (χ1) is 14.9. The summed E-state index contributed by atoms with van der Waals surface area (Å²) in [5.74, 6) is -0.0905. The number of benzene rings is 1. The standard InChI is InChI=1S/C23H29FN2O4S/c1-4-16(2)26(23(28)15-29-3)13-22(27)25-11-9-21-19(10-12-31-21)20(25)14-30-18-7-5-17(24)6-8-18/h5-8,10,12,16,20H,4,9,11,13-15H2,1-3H3/t16-,20-/m1/s1. The van der Waals surface area contributed by atoms with Gasteiger partial charge in [-0.2, -0.15) is 0 Å². The summed E-state index contributed by atoms with van der Waals surface area (Å²) in [5.41, 5.74) is 1.07. The summed E-state index contributed by atoms with van der Waals surface area (Å²) < 4.78 is 24.1. The van der Waals surface area contributed by atoms with Gasteiger partial charge in [-0.1, -0.05) is 6.92 Å². The van der Waals surface area contributed by atoms with E-state index in [1.807, 2.05) is 25.3 Å². The van der Waals surface area contributed by atoms with E-state index >= 15 is 0 Å². The van der Waals surface area contributed by atoms with Gasteiger partial charge in [-0.15, -0.1) is 11.3 Å². The molecular formula is C23H29FN2O4S. The van der Waals surface area contributed by atoms with Crippen LogP contribution >= 0.6 is 11.3 Å². The molecule has 2 amide bonds. The number of fused-ring (bicyclic) bond motifs is 1. The summed E-state index contributed by atoms with van der Waals surface area (Å²) in [6.45, 7) is 4.70. The Bertz CT molecular complexity index is 886. The highest BCUT2D eigenvalue weighted by Gasteiger charge is 2.34. The minimum absolute atomic E-state index is 0.00369. The Hall–Kier alpha value is -2.45. The van der Waals surface area contributed by atoms with E-state index in [0.29, 0.717) is 12.3 Å². The molecule has 8 heteroatoms. The SMILES string of the molecule is CC[C@@H](C)N(CC(=O)N1CCc2sccc2[C@H]1COc1ccc(F)cc1)C(=O)COC. The van der Waals surface area contributed by atoms with Crippen molar-refractivity contribution < 1.29 is 23.5 Å². The van der Waals surface area contributed by atoms with Crippen LogP contribution in [0, 0.1) is 5.82 Å². The number of carbonyl (C=O) groups is 2. The van der Waals surface area contributed by atoms with Crippen molar-refractivity contribution in [2.24, 2.45) is 0 Å². The van der Waals surface area contributed by atoms with Crippen LogP contribution in [0.1, 0.15) is 36.8 Å². The van der Waals surface area contributed by atoms with Crippen LogP contribution in [-0.2, 0) is 20.7 Å². The number of nitrogens with zero attached hydrogens (tertiary/aromatic N) is 2. The Morgan fingerprint density at radius 1 is 1.29 bits per heavy atom. The first-order valence-electron chi connectivity index (χ1n) is 10.5. The molecule has 2 atom stereocenters. The summed E-state index contributed by atoms with van der Waals surface area (Å²) in [6.07, 6.45) is 1.52. The minimum Gasteiger partial charge on any atom is -0.491 e. The number of rotatable bonds is 9. The first kappa shape index (κ1) is 23.2. The van der Waals surface area contributed by atoms with Crippen molar-refractivity contribution in [2.45, 2.75) is 38.8 Å². The molecule has 2 aromatic rings. The minimum atomic E-state index is -0.326. The predicted octanol–water partition coefficient (Wildman–Crippen LogP) is 3.67. The lowest BCUT2D eigenvalue weighted by atomic mass is 10.00. The van der Waals surface area contributed by atoms with Crippen molar-refractivity contribution >= 4 is 23.2 Å². The van der Waals surface area contributed by atoms with E-state index in [9.17, 15) is 14.0 Å². The van der Waals surface area contributed by atoms with Gasteiger partial charge in [0, 0.05) is 24.6 Å². The maximum Gasteiger partial charge on any atom is 0.249 e. The molecule has 0 spiro atoms. The van der Waals surface area contributed by atoms with Crippen molar-refractivity contribution in [3.8, 4) is 5.75 Å². The van der Waals surface area contributed by atoms with Gasteiger partial charge in [0.25, 0.3) is 0 Å². The lowest BCUT2D eigenvalue weighted by Gasteiger charge is -2.38. The normalized spacial score (nSPS) is 16.5. The van der Waals surface area contributed by atoms with Gasteiger partial charge in [-0.25, -0.2) is 4.39 Å². The maximum absolute atomic E-state index is 13.3. The zero-order valence-electron chi connectivity index (χ0n) is 18.2. The summed E-state index contributed by atoms with van der Waals surface area (Å²) in [6, 6.07) is 7.55. The predicted molar refractivity (Wildman–Crippen MR) is 118 cm³/mol. The van der Waals surface area contributed by atoms with Gasteiger partial charge >= 0.3 is 0 Å². The van der Waals surface area contributed by atoms with Crippen LogP contribution in [0.25, 0.3) is 0 Å². The van der Waals surface area contributed by atoms with E-state index < -0.39 is 0 Å². The lowest BCUT2D eigenvalue weighted by Crippen LogP contribution is -2.50. The molecule has 1 aliphatic rings. The van der Waals surface area contributed by atoms with Crippen LogP contribution in [0.3, 0.4) is 0 Å². The second kappa shape index (κ2) is 10.7. The average molecular weight is 449 g/mol. The van der Waals surface area contributed by atoms with Crippen LogP contribution in [0.15, 0.2) is 35.7 Å². The van der Waals surface area contributed by atoms with Crippen LogP contribution in [0.4, 0.5) is 4.39 Å². The quantitative estimate of drug-likeness (QED) is 0.587. The summed E-state index contributed by atoms with van der Waals surface area (Å²) in [4.78, 5) is 30.5. The summed E-state index contributed by atoms with van der Waals surface area (Å²) >= 11 is 1.68. The molecule has 0 fully saturated rings. The van der Waals surface area contributed by atoms with E-state index in [2.05, 4.69) is 0 Å². The Morgan fingerprint density at radius 2 is 2.03 bits per heavy atom. The van der Waals surface area contributed by atoms with Crippen LogP contribution < -0.4 is 4.74 Å². The van der Waals surface area contributed by atoms with E-state index in [1.54, 1.807) is 33.3 Å². The molecule has 0 unspecified atom stereocenters. The largest absolute Gasteiger partial charge is 0.491 e. The monoisotopic (exact) mass is 448 g/mol. The van der Waals surface area contributed by atoms with Crippen molar-refractivity contribution in [1.82, 2.24) is 9.80 Å². The fourth-order valence-electron chi connectivity index (χ4n) is 3.73. The van der Waals surface area contributed by atoms with E-state index in [-0.39, 0.29) is 49.5 Å². The van der Waals surface area contributed by atoms with Crippen molar-refractivity contribution in [3.05, 3.63) is 52.0 Å². The van der Waals surface area contributed by atoms with Gasteiger partial charge in [0.1, 0.15) is 31.3 Å². The highest BCUT2D eigenvalue weighted by Crippen LogP contribution is 2.34. The smallest absolute Gasteiger partial charge is 0.249 e. The van der Waals surface area contributed by atoms with Crippen molar-refractivity contribution in [1.29, 1.82) is 0 Å². The average Bonchev–Trinajstić information content (AvgIpc) is 3.25. The fraction of sp³-hybridized carbons (Fsp3) is 0.478. The number of amides is 2. The molecule has 0 saturated carbocycles. The molecule has 1 aromatic heterocycles. The van der Waals surface area contributed by atoms with E-state index in [0.717, 1.165) is 18.4 Å². The zero-order chi connectivity index (χ0) is 22.4. The lowest BCUT2D eigenvalue weighted by molar-refractivity contribution is -0.146. The molecule has 0 saturated heterocycles. The molecule has 168 valence electrons. The Labute approximate surface area is 186 Å². The van der Waals surface area contributed by atoms with Gasteiger partial charge in [0.15, 0.2) is 0 Å². The second-order valence-electron chi connectivity index (χ2n) is 7.63. The van der Waals surface area contributed by atoms with Crippen molar-refractivity contribution in [3.63, 3.8) is 0 Å². The second-order valence-corrected chi connectivity index (χ2v) is 8.63. The highest BCUT2D eigenvalue weighted by molar-refractivity contribution is 7.10. The molecule has 0 bridgehead atoms. The number of halogens is 1. The molecule has 0 aliphatic carbocycles. The first-order valence-corrected chi connectivity index (χ1v) is 11.3. The van der Waals surface area contributed by atoms with Crippen molar-refractivity contribution in [2.75, 3.05) is 33.4 Å². The van der Waals surface area contributed by atoms with E-state index in [4.69, 9.17) is 9.47 Å². The molecule has 31 heavy (non-hydrogen) atoms. The third-order valence-electron chi connectivity index (χ3n) is 5.65. The Balaban J connectivity index is 1.77. The molecule has 0 N–H and O–H groups in total. The molecule has 6 nitrogen and oxygen atoms in total. The molecular weight excluding hydrogens is 419 g/mol. The Kier molecular flexibility index (Phi) is 8.03. The highest BCUT2D eigenvalue weighted by atomic mass is 32.1. The zero-order valence-corrected chi connectivity index (χ0v) is 19.0. The van der Waals surface area contributed by atoms with Crippen LogP contribution in [-0.4, -0.2) is 61.1 Å². The van der Waals surface area contributed by atoms with Crippen LogP contribution in [0.5, 0.6) is 5.75 Å². The van der Waals surface area contributed by atoms with Crippen LogP contribution in [0.2, 0.25) is 0 Å².